The van der Waals surface area contributed by atoms with Crippen LogP contribution >= 0.6 is 11.8 Å². The first-order chi connectivity index (χ1) is 16.5. The molecule has 0 heterocycles. The van der Waals surface area contributed by atoms with Gasteiger partial charge in [0.05, 0.1) is 6.61 Å². The molecule has 180 valence electrons. The third-order valence-corrected chi connectivity index (χ3v) is 5.19. The quantitative estimate of drug-likeness (QED) is 0.236. The van der Waals surface area contributed by atoms with Crippen LogP contribution in [-0.4, -0.2) is 30.0 Å². The van der Waals surface area contributed by atoms with Gasteiger partial charge in [-0.25, -0.2) is 0 Å². The third kappa shape index (κ3) is 10.8. The summed E-state index contributed by atoms with van der Waals surface area (Å²) in [5, 5.41) is 22.4. The van der Waals surface area contributed by atoms with Gasteiger partial charge in [0.2, 0.25) is 0 Å². The fourth-order valence-corrected chi connectivity index (χ4v) is 3.09. The Morgan fingerprint density at radius 3 is 2.09 bits per heavy atom. The Hall–Kier alpha value is -3.55. The van der Waals surface area contributed by atoms with Crippen LogP contribution in [0.1, 0.15) is 23.6 Å². The molecule has 0 bridgehead atoms. The number of thioether (sulfide) groups is 1. The van der Waals surface area contributed by atoms with Crippen molar-refractivity contribution < 1.29 is 9.90 Å². The number of allylic oxidation sites excluding steroid dienone is 1. The molecule has 1 amide bonds. The number of hydrogen-bond acceptors (Lipinski definition) is 6. The molecule has 0 aliphatic rings. The van der Waals surface area contributed by atoms with Crippen molar-refractivity contribution in [2.24, 2.45) is 5.73 Å². The second-order valence-corrected chi connectivity index (χ2v) is 7.80. The first-order valence-corrected chi connectivity index (χ1v) is 12.0. The van der Waals surface area contributed by atoms with Crippen molar-refractivity contribution in [2.45, 2.75) is 25.0 Å². The van der Waals surface area contributed by atoms with Crippen molar-refractivity contribution in [1.82, 2.24) is 5.32 Å². The van der Waals surface area contributed by atoms with Crippen molar-refractivity contribution in [3.8, 4) is 0 Å². The standard InChI is InChI=1S/C16H17N3OS.C7H8O.C4H9N/c1-21-12-8-6-11(7-9-12)10-19-14-5-3-2-4-13(14)15(17)16(18)20;8-6-7-4-2-1-3-5-7;1-3-4-5-2/h2-9,17,19H,10H2,1H3,(H2,18,20);1-5,8H,6H2;3-5H,1-2H3/b;;4-3+. The summed E-state index contributed by atoms with van der Waals surface area (Å²) in [6, 6.07) is 25.0. The number of hydrogen-bond donors (Lipinski definition) is 5. The molecule has 3 aromatic rings. The van der Waals surface area contributed by atoms with Crippen LogP contribution in [-0.2, 0) is 17.9 Å². The number of amides is 1. The molecule has 7 heteroatoms. The smallest absolute Gasteiger partial charge is 0.267 e. The van der Waals surface area contributed by atoms with E-state index in [2.05, 4.69) is 34.9 Å². The number of rotatable bonds is 8. The van der Waals surface area contributed by atoms with Gasteiger partial charge >= 0.3 is 0 Å². The Bertz CT molecular complexity index is 1020. The molecule has 0 spiro atoms. The highest BCUT2D eigenvalue weighted by Crippen LogP contribution is 2.18. The van der Waals surface area contributed by atoms with Gasteiger partial charge < -0.3 is 21.5 Å². The summed E-state index contributed by atoms with van der Waals surface area (Å²) in [6.45, 7) is 2.73. The topological polar surface area (TPSA) is 111 Å². The van der Waals surface area contributed by atoms with Crippen LogP contribution in [0.2, 0.25) is 0 Å². The first-order valence-electron chi connectivity index (χ1n) is 10.7. The molecule has 0 atom stereocenters. The van der Waals surface area contributed by atoms with E-state index < -0.39 is 5.91 Å². The number of nitrogens with two attached hydrogens (primary N) is 1. The van der Waals surface area contributed by atoms with Crippen molar-refractivity contribution in [2.75, 3.05) is 18.6 Å². The minimum absolute atomic E-state index is 0.140. The van der Waals surface area contributed by atoms with E-state index in [1.54, 1.807) is 23.9 Å². The molecular weight excluding hydrogens is 444 g/mol. The third-order valence-electron chi connectivity index (χ3n) is 4.44. The first kappa shape index (κ1) is 28.5. The lowest BCUT2D eigenvalue weighted by Gasteiger charge is -2.11. The van der Waals surface area contributed by atoms with Crippen molar-refractivity contribution in [3.05, 3.63) is 108 Å². The number of aliphatic hydroxyl groups excluding tert-OH is 1. The van der Waals surface area contributed by atoms with Crippen molar-refractivity contribution in [1.29, 1.82) is 5.41 Å². The predicted molar refractivity (Wildman–Crippen MR) is 144 cm³/mol. The Kier molecular flexibility index (Phi) is 14.2. The fourth-order valence-electron chi connectivity index (χ4n) is 2.68. The van der Waals surface area contributed by atoms with Crippen LogP contribution in [0.25, 0.3) is 0 Å². The molecule has 0 fully saturated rings. The molecule has 34 heavy (non-hydrogen) atoms. The van der Waals surface area contributed by atoms with Gasteiger partial charge in [0.15, 0.2) is 0 Å². The maximum absolute atomic E-state index is 11.2. The normalized spacial score (nSPS) is 9.76. The van der Waals surface area contributed by atoms with Crippen LogP contribution in [0.5, 0.6) is 0 Å². The van der Waals surface area contributed by atoms with Gasteiger partial charge in [0, 0.05) is 29.7 Å². The zero-order chi connectivity index (χ0) is 25.2. The minimum Gasteiger partial charge on any atom is -0.394 e. The average molecular weight is 479 g/mol. The van der Waals surface area contributed by atoms with Crippen LogP contribution in [0.15, 0.2) is 96.0 Å². The molecule has 0 saturated carbocycles. The minimum atomic E-state index is -0.728. The molecule has 6 nitrogen and oxygen atoms in total. The predicted octanol–water partition coefficient (Wildman–Crippen LogP) is 4.79. The molecule has 3 rings (SSSR count). The van der Waals surface area contributed by atoms with E-state index in [-0.39, 0.29) is 12.3 Å². The number of anilines is 1. The highest BCUT2D eigenvalue weighted by atomic mass is 32.2. The molecule has 0 aliphatic carbocycles. The molecule has 0 saturated heterocycles. The number of carbonyl (C=O) groups excluding carboxylic acids is 1. The monoisotopic (exact) mass is 478 g/mol. The number of carbonyl (C=O) groups is 1. The highest BCUT2D eigenvalue weighted by molar-refractivity contribution is 7.98. The van der Waals surface area contributed by atoms with Crippen LogP contribution in [0, 0.1) is 5.41 Å². The average Bonchev–Trinajstić information content (AvgIpc) is 2.89. The van der Waals surface area contributed by atoms with Crippen LogP contribution in [0.4, 0.5) is 5.69 Å². The Morgan fingerprint density at radius 2 is 1.62 bits per heavy atom. The Labute approximate surface area is 206 Å². The summed E-state index contributed by atoms with van der Waals surface area (Å²) in [5.41, 5.74) is 8.35. The lowest BCUT2D eigenvalue weighted by Crippen LogP contribution is -2.24. The molecule has 0 radical (unpaired) electrons. The van der Waals surface area contributed by atoms with E-state index >= 15 is 0 Å². The number of aliphatic hydroxyl groups is 1. The van der Waals surface area contributed by atoms with Crippen LogP contribution < -0.4 is 16.4 Å². The number of para-hydroxylation sites is 1. The molecular formula is C27H34N4O2S. The fraction of sp³-hybridized carbons (Fsp3) is 0.185. The zero-order valence-corrected chi connectivity index (χ0v) is 20.7. The second kappa shape index (κ2) is 17.0. The number of benzene rings is 3. The number of primary amides is 1. The van der Waals surface area contributed by atoms with Gasteiger partial charge in [-0.1, -0.05) is 66.7 Å². The van der Waals surface area contributed by atoms with Gasteiger partial charge in [-0.3, -0.25) is 10.2 Å². The number of nitrogens with one attached hydrogen (secondary N) is 3. The summed E-state index contributed by atoms with van der Waals surface area (Å²) < 4.78 is 0. The van der Waals surface area contributed by atoms with Gasteiger partial charge in [-0.2, -0.15) is 0 Å². The van der Waals surface area contributed by atoms with Crippen LogP contribution in [0.3, 0.4) is 0 Å². The highest BCUT2D eigenvalue weighted by Gasteiger charge is 2.11. The second-order valence-electron chi connectivity index (χ2n) is 6.92. The molecule has 0 unspecified atom stereocenters. The Balaban J connectivity index is 0.000000363. The summed E-state index contributed by atoms with van der Waals surface area (Å²) in [5.74, 6) is -0.728. The molecule has 0 aliphatic heterocycles. The SMILES string of the molecule is C/C=C/NC.CSc1ccc(CNc2ccccc2C(=N)C(N)=O)cc1.OCc1ccccc1. The maximum atomic E-state index is 11.2. The van der Waals surface area contributed by atoms with E-state index in [4.69, 9.17) is 16.2 Å². The molecule has 3 aromatic carbocycles. The molecule has 0 aromatic heterocycles. The lowest BCUT2D eigenvalue weighted by molar-refractivity contribution is -0.112. The largest absolute Gasteiger partial charge is 0.394 e. The van der Waals surface area contributed by atoms with E-state index in [1.165, 1.54) is 4.90 Å². The summed E-state index contributed by atoms with van der Waals surface area (Å²) in [6.07, 6.45) is 5.86. The van der Waals surface area contributed by atoms with E-state index in [0.717, 1.165) is 16.8 Å². The maximum Gasteiger partial charge on any atom is 0.267 e. The summed E-state index contributed by atoms with van der Waals surface area (Å²) >= 11 is 1.70. The van der Waals surface area contributed by atoms with Gasteiger partial charge in [-0.15, -0.1) is 11.8 Å². The lowest BCUT2D eigenvalue weighted by atomic mass is 10.1. The van der Waals surface area contributed by atoms with Gasteiger partial charge in [0.1, 0.15) is 5.71 Å². The van der Waals surface area contributed by atoms with Gasteiger partial charge in [0.25, 0.3) is 5.91 Å². The summed E-state index contributed by atoms with van der Waals surface area (Å²) in [4.78, 5) is 12.4. The van der Waals surface area contributed by atoms with Gasteiger partial charge in [-0.05, 0) is 48.7 Å². The van der Waals surface area contributed by atoms with E-state index in [9.17, 15) is 4.79 Å². The Morgan fingerprint density at radius 1 is 1.00 bits per heavy atom. The van der Waals surface area contributed by atoms with E-state index in [0.29, 0.717) is 12.1 Å². The van der Waals surface area contributed by atoms with E-state index in [1.807, 2.05) is 75.0 Å². The summed E-state index contributed by atoms with van der Waals surface area (Å²) in [7, 11) is 1.88. The zero-order valence-electron chi connectivity index (χ0n) is 19.9. The van der Waals surface area contributed by atoms with Crippen molar-refractivity contribution in [3.63, 3.8) is 0 Å². The van der Waals surface area contributed by atoms with Crippen molar-refractivity contribution >= 4 is 29.1 Å². The molecule has 6 N–H and O–H groups in total.